The van der Waals surface area contributed by atoms with E-state index in [9.17, 15) is 9.59 Å². The van der Waals surface area contributed by atoms with Gasteiger partial charge in [-0.25, -0.2) is 5.84 Å². The predicted molar refractivity (Wildman–Crippen MR) is 64.8 cm³/mol. The zero-order valence-corrected chi connectivity index (χ0v) is 10.4. The second-order valence-electron chi connectivity index (χ2n) is 4.40. The first-order chi connectivity index (χ1) is 8.17. The molecule has 0 atom stereocenters. The number of hydrogen-bond donors (Lipinski definition) is 3. The van der Waals surface area contributed by atoms with Crippen molar-refractivity contribution in [2.45, 2.75) is 25.7 Å². The minimum Gasteiger partial charge on any atom is -0.359 e. The van der Waals surface area contributed by atoms with E-state index in [2.05, 4.69) is 15.6 Å². The highest BCUT2D eigenvalue weighted by Gasteiger charge is 2.23. The molecular formula is C11H22N4O2. The fraction of sp³-hybridized carbons (Fsp3) is 0.818. The van der Waals surface area contributed by atoms with Crippen LogP contribution in [0.15, 0.2) is 0 Å². The summed E-state index contributed by atoms with van der Waals surface area (Å²) in [5, 5.41) is 2.69. The maximum atomic E-state index is 11.4. The van der Waals surface area contributed by atoms with Crippen LogP contribution in [0.4, 0.5) is 0 Å². The molecule has 1 saturated heterocycles. The smallest absolute Gasteiger partial charge is 0.233 e. The molecular weight excluding hydrogens is 220 g/mol. The Labute approximate surface area is 102 Å². The van der Waals surface area contributed by atoms with Crippen molar-refractivity contribution in [2.75, 3.05) is 26.7 Å². The van der Waals surface area contributed by atoms with Crippen molar-refractivity contribution in [3.05, 3.63) is 0 Å². The third-order valence-corrected chi connectivity index (χ3v) is 3.24. The molecule has 4 N–H and O–H groups in total. The molecule has 17 heavy (non-hydrogen) atoms. The number of rotatable bonds is 5. The number of amides is 2. The van der Waals surface area contributed by atoms with Crippen molar-refractivity contribution >= 4 is 11.8 Å². The van der Waals surface area contributed by atoms with Gasteiger partial charge in [-0.1, -0.05) is 0 Å². The maximum Gasteiger partial charge on any atom is 0.233 e. The monoisotopic (exact) mass is 242 g/mol. The summed E-state index contributed by atoms with van der Waals surface area (Å²) in [4.78, 5) is 24.6. The number of nitrogens with two attached hydrogens (primary N) is 1. The molecule has 2 amide bonds. The number of hydrogen-bond acceptors (Lipinski definition) is 4. The summed E-state index contributed by atoms with van der Waals surface area (Å²) in [5.41, 5.74) is 2.12. The van der Waals surface area contributed by atoms with Crippen LogP contribution >= 0.6 is 0 Å². The summed E-state index contributed by atoms with van der Waals surface area (Å²) >= 11 is 0. The number of likely N-dealkylation sites (tertiary alicyclic amines) is 1. The second-order valence-corrected chi connectivity index (χ2v) is 4.40. The van der Waals surface area contributed by atoms with Crippen LogP contribution in [0.2, 0.25) is 0 Å². The van der Waals surface area contributed by atoms with E-state index < -0.39 is 0 Å². The Hall–Kier alpha value is -1.14. The van der Waals surface area contributed by atoms with E-state index in [0.29, 0.717) is 6.42 Å². The predicted octanol–water partition coefficient (Wildman–Crippen LogP) is -0.785. The summed E-state index contributed by atoms with van der Waals surface area (Å²) in [5.74, 6) is 5.18. The molecule has 0 aromatic rings. The molecule has 6 nitrogen and oxygen atoms in total. The molecule has 98 valence electrons. The molecule has 1 aliphatic rings. The summed E-state index contributed by atoms with van der Waals surface area (Å²) < 4.78 is 0. The van der Waals surface area contributed by atoms with Gasteiger partial charge in [-0.05, 0) is 38.9 Å². The fourth-order valence-corrected chi connectivity index (χ4v) is 2.16. The molecule has 6 heteroatoms. The molecule has 0 saturated carbocycles. The lowest BCUT2D eigenvalue weighted by atomic mass is 9.96. The van der Waals surface area contributed by atoms with Crippen LogP contribution in [-0.2, 0) is 9.59 Å². The normalized spacial score (nSPS) is 17.8. The molecule has 1 rings (SSSR count). The lowest BCUT2D eigenvalue weighted by Gasteiger charge is -2.30. The molecule has 0 aromatic carbocycles. The van der Waals surface area contributed by atoms with E-state index in [1.54, 1.807) is 7.05 Å². The maximum absolute atomic E-state index is 11.4. The highest BCUT2D eigenvalue weighted by molar-refractivity contribution is 5.78. The summed E-state index contributed by atoms with van der Waals surface area (Å²) in [6.07, 6.45) is 3.09. The zero-order valence-electron chi connectivity index (χ0n) is 10.4. The molecule has 0 spiro atoms. The molecule has 0 aromatic heterocycles. The Balaban J connectivity index is 2.15. The van der Waals surface area contributed by atoms with Crippen molar-refractivity contribution in [1.29, 1.82) is 0 Å². The van der Waals surface area contributed by atoms with Crippen molar-refractivity contribution in [1.82, 2.24) is 15.6 Å². The number of piperidine rings is 1. The van der Waals surface area contributed by atoms with Crippen molar-refractivity contribution in [3.63, 3.8) is 0 Å². The number of nitrogens with zero attached hydrogens (tertiary/aromatic N) is 1. The summed E-state index contributed by atoms with van der Waals surface area (Å²) in [7, 11) is 1.68. The van der Waals surface area contributed by atoms with Gasteiger partial charge < -0.3 is 10.2 Å². The van der Waals surface area contributed by atoms with Gasteiger partial charge in [0.1, 0.15) is 0 Å². The van der Waals surface area contributed by atoms with Gasteiger partial charge in [0.2, 0.25) is 11.8 Å². The molecule has 0 aliphatic carbocycles. The summed E-state index contributed by atoms with van der Waals surface area (Å²) in [6.45, 7) is 2.76. The Kier molecular flexibility index (Phi) is 5.93. The molecule has 1 aliphatic heterocycles. The first-order valence-electron chi connectivity index (χ1n) is 6.10. The minimum atomic E-state index is -0.120. The number of carbonyl (C=O) groups excluding carboxylic acids is 2. The second kappa shape index (κ2) is 7.24. The average Bonchev–Trinajstić information content (AvgIpc) is 2.38. The first-order valence-corrected chi connectivity index (χ1v) is 6.10. The Morgan fingerprint density at radius 1 is 1.35 bits per heavy atom. The molecule has 0 bridgehead atoms. The number of carbonyl (C=O) groups is 2. The van der Waals surface area contributed by atoms with Crippen molar-refractivity contribution in [3.8, 4) is 0 Å². The topological polar surface area (TPSA) is 87.5 Å². The van der Waals surface area contributed by atoms with Crippen LogP contribution in [0.5, 0.6) is 0 Å². The van der Waals surface area contributed by atoms with Crippen LogP contribution in [0.1, 0.15) is 25.7 Å². The van der Waals surface area contributed by atoms with Gasteiger partial charge in [0, 0.05) is 19.4 Å². The van der Waals surface area contributed by atoms with E-state index in [0.717, 1.165) is 38.9 Å². The molecule has 1 heterocycles. The third-order valence-electron chi connectivity index (χ3n) is 3.24. The Bertz CT molecular complexity index is 259. The lowest BCUT2D eigenvalue weighted by molar-refractivity contribution is -0.125. The Morgan fingerprint density at radius 2 is 2.00 bits per heavy atom. The standard InChI is InChI=1S/C11H22N4O2/c1-13-11(17)9-4-7-15(8-5-9)6-2-3-10(16)14-12/h9H,2-8,12H2,1H3,(H,13,17)(H,14,16). The van der Waals surface area contributed by atoms with Crippen LogP contribution in [0.25, 0.3) is 0 Å². The van der Waals surface area contributed by atoms with Crippen LogP contribution in [0, 0.1) is 5.92 Å². The van der Waals surface area contributed by atoms with Gasteiger partial charge in [0.05, 0.1) is 0 Å². The highest BCUT2D eigenvalue weighted by atomic mass is 16.2. The van der Waals surface area contributed by atoms with E-state index >= 15 is 0 Å². The van der Waals surface area contributed by atoms with Gasteiger partial charge in [0.15, 0.2) is 0 Å². The lowest BCUT2D eigenvalue weighted by Crippen LogP contribution is -2.40. The van der Waals surface area contributed by atoms with Gasteiger partial charge in [-0.2, -0.15) is 0 Å². The molecule has 0 radical (unpaired) electrons. The third kappa shape index (κ3) is 4.70. The van der Waals surface area contributed by atoms with Gasteiger partial charge in [-0.3, -0.25) is 15.0 Å². The van der Waals surface area contributed by atoms with Crippen molar-refractivity contribution < 1.29 is 9.59 Å². The number of hydrazine groups is 1. The minimum absolute atomic E-state index is 0.120. The van der Waals surface area contributed by atoms with Gasteiger partial charge >= 0.3 is 0 Å². The quantitative estimate of drug-likeness (QED) is 0.335. The largest absolute Gasteiger partial charge is 0.359 e. The van der Waals surface area contributed by atoms with Gasteiger partial charge in [-0.15, -0.1) is 0 Å². The SMILES string of the molecule is CNC(=O)C1CCN(CCCC(=O)NN)CC1. The Morgan fingerprint density at radius 3 is 2.53 bits per heavy atom. The zero-order chi connectivity index (χ0) is 12.7. The van der Waals surface area contributed by atoms with Crippen LogP contribution in [-0.4, -0.2) is 43.4 Å². The van der Waals surface area contributed by atoms with E-state index in [1.807, 2.05) is 0 Å². The van der Waals surface area contributed by atoms with Crippen LogP contribution < -0.4 is 16.6 Å². The molecule has 1 fully saturated rings. The van der Waals surface area contributed by atoms with E-state index in [4.69, 9.17) is 5.84 Å². The summed E-state index contributed by atoms with van der Waals surface area (Å²) in [6, 6.07) is 0. The average molecular weight is 242 g/mol. The molecule has 0 unspecified atom stereocenters. The van der Waals surface area contributed by atoms with E-state index in [1.165, 1.54) is 0 Å². The van der Waals surface area contributed by atoms with Crippen molar-refractivity contribution in [2.24, 2.45) is 11.8 Å². The van der Waals surface area contributed by atoms with Crippen LogP contribution in [0.3, 0.4) is 0 Å². The number of nitrogens with one attached hydrogen (secondary N) is 2. The first kappa shape index (κ1) is 13.9. The highest BCUT2D eigenvalue weighted by Crippen LogP contribution is 2.17. The van der Waals surface area contributed by atoms with Gasteiger partial charge in [0.25, 0.3) is 0 Å². The fourth-order valence-electron chi connectivity index (χ4n) is 2.16. The van der Waals surface area contributed by atoms with E-state index in [-0.39, 0.29) is 17.7 Å².